The molecule has 2 aromatic carbocycles. The Hall–Kier alpha value is -2.29. The molecular formula is C18H21NO2. The van der Waals surface area contributed by atoms with Crippen molar-refractivity contribution in [1.82, 2.24) is 5.32 Å². The molecule has 0 aliphatic rings. The Kier molecular flexibility index (Phi) is 5.38. The van der Waals surface area contributed by atoms with Crippen molar-refractivity contribution in [3.8, 4) is 5.75 Å². The lowest BCUT2D eigenvalue weighted by atomic mass is 10.1. The summed E-state index contributed by atoms with van der Waals surface area (Å²) in [6.07, 6.45) is 0. The van der Waals surface area contributed by atoms with Gasteiger partial charge < -0.3 is 10.1 Å². The maximum Gasteiger partial charge on any atom is 0.251 e. The van der Waals surface area contributed by atoms with Crippen LogP contribution >= 0.6 is 0 Å². The molecule has 0 heterocycles. The summed E-state index contributed by atoms with van der Waals surface area (Å²) in [5, 5.41) is 2.90. The lowest BCUT2D eigenvalue weighted by molar-refractivity contribution is 0.0948. The number of amides is 1. The summed E-state index contributed by atoms with van der Waals surface area (Å²) >= 11 is 0. The molecule has 0 fully saturated rings. The summed E-state index contributed by atoms with van der Waals surface area (Å²) in [5.41, 5.74) is 1.73. The van der Waals surface area contributed by atoms with E-state index in [0.717, 1.165) is 5.56 Å². The van der Waals surface area contributed by atoms with E-state index < -0.39 is 0 Å². The number of benzene rings is 2. The molecule has 0 aromatic heterocycles. The first-order chi connectivity index (χ1) is 10.1. The second-order valence-electron chi connectivity index (χ2n) is 5.41. The van der Waals surface area contributed by atoms with Crippen LogP contribution in [0.25, 0.3) is 0 Å². The average Bonchev–Trinajstić information content (AvgIpc) is 2.52. The van der Waals surface area contributed by atoms with E-state index in [2.05, 4.69) is 19.2 Å². The first-order valence-electron chi connectivity index (χ1n) is 7.20. The Morgan fingerprint density at radius 2 is 1.86 bits per heavy atom. The van der Waals surface area contributed by atoms with Crippen molar-refractivity contribution in [1.29, 1.82) is 0 Å². The van der Waals surface area contributed by atoms with Crippen LogP contribution in [0, 0.1) is 5.92 Å². The first kappa shape index (κ1) is 15.1. The first-order valence-corrected chi connectivity index (χ1v) is 7.20. The van der Waals surface area contributed by atoms with Gasteiger partial charge in [-0.2, -0.15) is 0 Å². The molecule has 0 bridgehead atoms. The lowest BCUT2D eigenvalue weighted by Crippen LogP contribution is -2.27. The molecule has 21 heavy (non-hydrogen) atoms. The molecule has 3 heteroatoms. The third-order valence-corrected chi connectivity index (χ3v) is 3.02. The van der Waals surface area contributed by atoms with Crippen molar-refractivity contribution in [2.24, 2.45) is 5.92 Å². The highest BCUT2D eigenvalue weighted by Gasteiger charge is 2.07. The molecule has 1 amide bonds. The van der Waals surface area contributed by atoms with Gasteiger partial charge in [0.2, 0.25) is 0 Å². The van der Waals surface area contributed by atoms with Crippen LogP contribution in [0.15, 0.2) is 54.6 Å². The van der Waals surface area contributed by atoms with Gasteiger partial charge in [-0.15, -0.1) is 0 Å². The van der Waals surface area contributed by atoms with Gasteiger partial charge in [-0.25, -0.2) is 0 Å². The number of ether oxygens (including phenoxy) is 1. The minimum atomic E-state index is -0.0612. The second kappa shape index (κ2) is 7.48. The normalized spacial score (nSPS) is 10.4. The van der Waals surface area contributed by atoms with Gasteiger partial charge in [0.05, 0.1) is 0 Å². The van der Waals surface area contributed by atoms with Crippen LogP contribution in [0.2, 0.25) is 0 Å². The van der Waals surface area contributed by atoms with Crippen LogP contribution in [0.4, 0.5) is 0 Å². The molecule has 0 spiro atoms. The number of nitrogens with one attached hydrogen (secondary N) is 1. The lowest BCUT2D eigenvalue weighted by Gasteiger charge is -2.10. The van der Waals surface area contributed by atoms with Crippen molar-refractivity contribution < 1.29 is 9.53 Å². The topological polar surface area (TPSA) is 38.3 Å². The van der Waals surface area contributed by atoms with Crippen LogP contribution in [0.5, 0.6) is 5.75 Å². The van der Waals surface area contributed by atoms with Gasteiger partial charge in [-0.05, 0) is 29.7 Å². The van der Waals surface area contributed by atoms with E-state index in [0.29, 0.717) is 30.4 Å². The van der Waals surface area contributed by atoms with Gasteiger partial charge >= 0.3 is 0 Å². The van der Waals surface area contributed by atoms with E-state index in [1.54, 1.807) is 12.1 Å². The van der Waals surface area contributed by atoms with Crippen molar-refractivity contribution in [3.05, 3.63) is 65.7 Å². The standard InChI is InChI=1S/C18H21NO2/c1-14(2)12-19-18(20)16-9-6-10-17(11-16)21-13-15-7-4-3-5-8-15/h3-11,14H,12-13H2,1-2H3,(H,19,20). The maximum absolute atomic E-state index is 12.0. The van der Waals surface area contributed by atoms with Crippen molar-refractivity contribution in [2.75, 3.05) is 6.54 Å². The number of hydrogen-bond acceptors (Lipinski definition) is 2. The average molecular weight is 283 g/mol. The van der Waals surface area contributed by atoms with E-state index >= 15 is 0 Å². The predicted molar refractivity (Wildman–Crippen MR) is 84.4 cm³/mol. The van der Waals surface area contributed by atoms with Gasteiger partial charge in [0.25, 0.3) is 5.91 Å². The highest BCUT2D eigenvalue weighted by molar-refractivity contribution is 5.94. The van der Waals surface area contributed by atoms with Crippen molar-refractivity contribution >= 4 is 5.91 Å². The molecule has 0 unspecified atom stereocenters. The third-order valence-electron chi connectivity index (χ3n) is 3.02. The van der Waals surface area contributed by atoms with Gasteiger partial charge in [-0.1, -0.05) is 50.2 Å². The molecule has 2 rings (SSSR count). The second-order valence-corrected chi connectivity index (χ2v) is 5.41. The smallest absolute Gasteiger partial charge is 0.251 e. The number of carbonyl (C=O) groups is 1. The van der Waals surface area contributed by atoms with Crippen LogP contribution < -0.4 is 10.1 Å². The fourth-order valence-corrected chi connectivity index (χ4v) is 1.87. The Morgan fingerprint density at radius 1 is 1.10 bits per heavy atom. The molecule has 2 aromatic rings. The van der Waals surface area contributed by atoms with Crippen molar-refractivity contribution in [3.63, 3.8) is 0 Å². The van der Waals surface area contributed by atoms with E-state index in [4.69, 9.17) is 4.74 Å². The van der Waals surface area contributed by atoms with Crippen LogP contribution in [0.1, 0.15) is 29.8 Å². The molecule has 0 aliphatic carbocycles. The Bertz CT molecular complexity index is 579. The molecular weight excluding hydrogens is 262 g/mol. The number of hydrogen-bond donors (Lipinski definition) is 1. The van der Waals surface area contributed by atoms with Crippen molar-refractivity contribution in [2.45, 2.75) is 20.5 Å². The van der Waals surface area contributed by atoms with Gasteiger partial charge in [0, 0.05) is 12.1 Å². The highest BCUT2D eigenvalue weighted by atomic mass is 16.5. The molecule has 1 N–H and O–H groups in total. The molecule has 0 radical (unpaired) electrons. The third kappa shape index (κ3) is 4.95. The molecule has 0 saturated heterocycles. The largest absolute Gasteiger partial charge is 0.489 e. The molecule has 0 saturated carbocycles. The number of carbonyl (C=O) groups excluding carboxylic acids is 1. The molecule has 0 atom stereocenters. The summed E-state index contributed by atoms with van der Waals surface area (Å²) < 4.78 is 5.73. The Balaban J connectivity index is 1.96. The van der Waals surface area contributed by atoms with Gasteiger partial charge in [-0.3, -0.25) is 4.79 Å². The van der Waals surface area contributed by atoms with E-state index in [1.165, 1.54) is 0 Å². The van der Waals surface area contributed by atoms with Crippen LogP contribution in [-0.4, -0.2) is 12.5 Å². The fourth-order valence-electron chi connectivity index (χ4n) is 1.87. The number of rotatable bonds is 6. The molecule has 3 nitrogen and oxygen atoms in total. The zero-order valence-electron chi connectivity index (χ0n) is 12.5. The minimum Gasteiger partial charge on any atom is -0.489 e. The van der Waals surface area contributed by atoms with E-state index in [9.17, 15) is 4.79 Å². The summed E-state index contributed by atoms with van der Waals surface area (Å²) in [4.78, 5) is 12.0. The minimum absolute atomic E-state index is 0.0612. The Labute approximate surface area is 126 Å². The fraction of sp³-hybridized carbons (Fsp3) is 0.278. The van der Waals surface area contributed by atoms with Gasteiger partial charge in [0.15, 0.2) is 0 Å². The zero-order valence-corrected chi connectivity index (χ0v) is 12.5. The van der Waals surface area contributed by atoms with E-state index in [1.807, 2.05) is 42.5 Å². The molecule has 0 aliphatic heterocycles. The SMILES string of the molecule is CC(C)CNC(=O)c1cccc(OCc2ccccc2)c1. The van der Waals surface area contributed by atoms with E-state index in [-0.39, 0.29) is 5.91 Å². The summed E-state index contributed by atoms with van der Waals surface area (Å²) in [6, 6.07) is 17.2. The summed E-state index contributed by atoms with van der Waals surface area (Å²) in [7, 11) is 0. The van der Waals surface area contributed by atoms with Gasteiger partial charge in [0.1, 0.15) is 12.4 Å². The monoisotopic (exact) mass is 283 g/mol. The quantitative estimate of drug-likeness (QED) is 0.878. The van der Waals surface area contributed by atoms with Crippen LogP contribution in [0.3, 0.4) is 0 Å². The van der Waals surface area contributed by atoms with Crippen LogP contribution in [-0.2, 0) is 6.61 Å². The Morgan fingerprint density at radius 3 is 2.57 bits per heavy atom. The molecule has 110 valence electrons. The maximum atomic E-state index is 12.0. The summed E-state index contributed by atoms with van der Waals surface area (Å²) in [6.45, 7) is 5.31. The highest BCUT2D eigenvalue weighted by Crippen LogP contribution is 2.15. The zero-order chi connectivity index (χ0) is 15.1. The predicted octanol–water partition coefficient (Wildman–Crippen LogP) is 3.65. The summed E-state index contributed by atoms with van der Waals surface area (Å²) in [5.74, 6) is 1.08.